The fourth-order valence-electron chi connectivity index (χ4n) is 2.68. The van der Waals surface area contributed by atoms with E-state index in [4.69, 9.17) is 9.94 Å². The largest absolute Gasteiger partial charge is 0.462 e. The number of amides is 1. The van der Waals surface area contributed by atoms with Crippen LogP contribution in [0.3, 0.4) is 0 Å². The van der Waals surface area contributed by atoms with Crippen LogP contribution in [0.1, 0.15) is 53.5 Å². The number of aryl methyl sites for hydroxylation is 1. The molecule has 0 aliphatic heterocycles. The lowest BCUT2D eigenvalue weighted by atomic mass is 10.00. The molecule has 24 heavy (non-hydrogen) atoms. The summed E-state index contributed by atoms with van der Waals surface area (Å²) in [5.41, 5.74) is 5.09. The molecule has 0 heterocycles. The number of nitrogens with one attached hydrogen (secondary N) is 1. The highest BCUT2D eigenvalue weighted by molar-refractivity contribution is 6.01. The molecule has 5 heteroatoms. The maximum absolute atomic E-state index is 12.2. The zero-order valence-electron chi connectivity index (χ0n) is 14.3. The molecule has 0 bridgehead atoms. The average molecular weight is 329 g/mol. The average Bonchev–Trinajstić information content (AvgIpc) is 2.74. The standard InChI is InChI=1S/C19H23NO4/c1-4-24-19(22)17-10-13(9-8-12(2)3)16-11-14(18(21)20-23)6-5-7-15(16)17/h5-7,10-12,23H,4,8-9H2,1-3H3,(H,20,21). The maximum Gasteiger partial charge on any atom is 0.338 e. The molecule has 2 N–H and O–H groups in total. The third kappa shape index (κ3) is 3.92. The fourth-order valence-corrected chi connectivity index (χ4v) is 2.68. The summed E-state index contributed by atoms with van der Waals surface area (Å²) in [5, 5.41) is 8.88. The third-order valence-electron chi connectivity index (χ3n) is 3.93. The van der Waals surface area contributed by atoms with Gasteiger partial charge in [0, 0.05) is 5.56 Å². The number of carbonyl (C=O) groups is 2. The van der Waals surface area contributed by atoms with Crippen molar-refractivity contribution in [2.24, 2.45) is 5.92 Å². The van der Waals surface area contributed by atoms with Gasteiger partial charge in [-0.1, -0.05) is 26.0 Å². The van der Waals surface area contributed by atoms with Gasteiger partial charge in [-0.05, 0) is 60.6 Å². The van der Waals surface area contributed by atoms with Crippen LogP contribution in [0.15, 0.2) is 30.3 Å². The smallest absolute Gasteiger partial charge is 0.338 e. The summed E-state index contributed by atoms with van der Waals surface area (Å²) in [7, 11) is 0. The number of hydrogen-bond donors (Lipinski definition) is 2. The first kappa shape index (κ1) is 17.9. The molecule has 5 nitrogen and oxygen atoms in total. The molecule has 0 aromatic heterocycles. The molecule has 0 atom stereocenters. The van der Waals surface area contributed by atoms with E-state index >= 15 is 0 Å². The molecule has 0 saturated heterocycles. The molecule has 0 spiro atoms. The number of ether oxygens (including phenoxy) is 1. The minimum absolute atomic E-state index is 0.309. The number of carbonyl (C=O) groups excluding carboxylic acids is 2. The van der Waals surface area contributed by atoms with E-state index in [1.807, 2.05) is 6.07 Å². The van der Waals surface area contributed by atoms with Crippen molar-refractivity contribution in [3.63, 3.8) is 0 Å². The molecule has 2 rings (SSSR count). The molecule has 2 aliphatic carbocycles. The van der Waals surface area contributed by atoms with E-state index in [-0.39, 0.29) is 5.97 Å². The van der Waals surface area contributed by atoms with Gasteiger partial charge in [0.1, 0.15) is 0 Å². The number of rotatable bonds is 6. The first-order valence-corrected chi connectivity index (χ1v) is 8.15. The van der Waals surface area contributed by atoms with E-state index in [2.05, 4.69) is 13.8 Å². The van der Waals surface area contributed by atoms with Crippen molar-refractivity contribution in [3.05, 3.63) is 47.0 Å². The van der Waals surface area contributed by atoms with E-state index in [0.717, 1.165) is 29.5 Å². The Morgan fingerprint density at radius 1 is 1.21 bits per heavy atom. The van der Waals surface area contributed by atoms with E-state index in [1.54, 1.807) is 36.7 Å². The van der Waals surface area contributed by atoms with Gasteiger partial charge >= 0.3 is 5.97 Å². The van der Waals surface area contributed by atoms with Gasteiger partial charge in [-0.25, -0.2) is 10.3 Å². The number of esters is 1. The lowest BCUT2D eigenvalue weighted by Gasteiger charge is -2.05. The van der Waals surface area contributed by atoms with Gasteiger partial charge in [0.2, 0.25) is 0 Å². The minimum atomic E-state index is -0.582. The van der Waals surface area contributed by atoms with Gasteiger partial charge in [0.15, 0.2) is 0 Å². The molecular formula is C19H23NO4. The fraction of sp³-hybridized carbons (Fsp3) is 0.368. The van der Waals surface area contributed by atoms with E-state index in [1.165, 1.54) is 0 Å². The predicted octanol–water partition coefficient (Wildman–Crippen LogP) is 3.68. The molecule has 128 valence electrons. The molecule has 0 aromatic carbocycles. The van der Waals surface area contributed by atoms with Gasteiger partial charge in [-0.2, -0.15) is 0 Å². The SMILES string of the molecule is CCOC(=O)c1cc(CCC(C)C)c2cc(C(=O)NO)cccc1-2. The maximum atomic E-state index is 12.2. The van der Waals surface area contributed by atoms with Gasteiger partial charge in [0.25, 0.3) is 5.91 Å². The van der Waals surface area contributed by atoms with Crippen LogP contribution >= 0.6 is 0 Å². The molecule has 0 saturated carbocycles. The van der Waals surface area contributed by atoms with E-state index in [9.17, 15) is 9.59 Å². The summed E-state index contributed by atoms with van der Waals surface area (Å²) in [5.74, 6) is -0.419. The van der Waals surface area contributed by atoms with Crippen molar-refractivity contribution in [2.45, 2.75) is 33.6 Å². The van der Waals surface area contributed by atoms with Crippen LogP contribution in [0.4, 0.5) is 0 Å². The summed E-state index contributed by atoms with van der Waals surface area (Å²) in [6.07, 6.45) is 1.78. The van der Waals surface area contributed by atoms with Gasteiger partial charge in [-0.15, -0.1) is 0 Å². The highest BCUT2D eigenvalue weighted by Crippen LogP contribution is 2.34. The topological polar surface area (TPSA) is 75.6 Å². The van der Waals surface area contributed by atoms with Crippen LogP contribution in [0.5, 0.6) is 0 Å². The highest BCUT2D eigenvalue weighted by atomic mass is 16.5. The summed E-state index contributed by atoms with van der Waals surface area (Å²) in [6, 6.07) is 8.66. The first-order chi connectivity index (χ1) is 11.5. The predicted molar refractivity (Wildman–Crippen MR) is 91.4 cm³/mol. The molecule has 0 fully saturated rings. The Bertz CT molecular complexity index is 709. The molecule has 2 aliphatic rings. The number of hydroxylamine groups is 1. The Morgan fingerprint density at radius 2 is 1.96 bits per heavy atom. The Balaban J connectivity index is 2.54. The Labute approximate surface area is 141 Å². The number of fused-ring (bicyclic) bond motifs is 1. The van der Waals surface area contributed by atoms with Crippen LogP contribution < -0.4 is 5.48 Å². The van der Waals surface area contributed by atoms with Crippen molar-refractivity contribution in [1.82, 2.24) is 5.48 Å². The summed E-state index contributed by atoms with van der Waals surface area (Å²) < 4.78 is 5.15. The quantitative estimate of drug-likeness (QED) is 0.481. The lowest BCUT2D eigenvalue weighted by Crippen LogP contribution is -2.18. The summed E-state index contributed by atoms with van der Waals surface area (Å²) >= 11 is 0. The van der Waals surface area contributed by atoms with Gasteiger partial charge in [0.05, 0.1) is 12.2 Å². The minimum Gasteiger partial charge on any atom is -0.462 e. The lowest BCUT2D eigenvalue weighted by molar-refractivity contribution is 0.0527. The van der Waals surface area contributed by atoms with E-state index < -0.39 is 5.91 Å². The summed E-state index contributed by atoms with van der Waals surface area (Å²) in [6.45, 7) is 6.36. The molecule has 0 aromatic rings. The van der Waals surface area contributed by atoms with Gasteiger partial charge in [-0.3, -0.25) is 10.0 Å². The summed E-state index contributed by atoms with van der Waals surface area (Å²) in [4.78, 5) is 24.0. The van der Waals surface area contributed by atoms with E-state index in [0.29, 0.717) is 23.7 Å². The molecular weight excluding hydrogens is 306 g/mol. The van der Waals surface area contributed by atoms with Crippen molar-refractivity contribution in [1.29, 1.82) is 0 Å². The van der Waals surface area contributed by atoms with Crippen LogP contribution in [-0.4, -0.2) is 23.7 Å². The third-order valence-corrected chi connectivity index (χ3v) is 3.93. The Kier molecular flexibility index (Phi) is 5.93. The second kappa shape index (κ2) is 7.93. The second-order valence-electron chi connectivity index (χ2n) is 6.13. The van der Waals surface area contributed by atoms with Crippen molar-refractivity contribution in [3.8, 4) is 11.1 Å². The Hall–Kier alpha value is -2.40. The molecule has 1 amide bonds. The van der Waals surface area contributed by atoms with Crippen LogP contribution in [0.25, 0.3) is 11.1 Å². The van der Waals surface area contributed by atoms with Crippen molar-refractivity contribution < 1.29 is 19.5 Å². The highest BCUT2D eigenvalue weighted by Gasteiger charge is 2.22. The monoisotopic (exact) mass is 329 g/mol. The van der Waals surface area contributed by atoms with Crippen LogP contribution in [0.2, 0.25) is 0 Å². The first-order valence-electron chi connectivity index (χ1n) is 8.15. The number of hydrogen-bond acceptors (Lipinski definition) is 4. The zero-order chi connectivity index (χ0) is 17.7. The zero-order valence-corrected chi connectivity index (χ0v) is 14.3. The van der Waals surface area contributed by atoms with Crippen LogP contribution in [0, 0.1) is 5.92 Å². The van der Waals surface area contributed by atoms with Crippen LogP contribution in [-0.2, 0) is 11.2 Å². The van der Waals surface area contributed by atoms with Crippen molar-refractivity contribution >= 4 is 11.9 Å². The second-order valence-corrected chi connectivity index (χ2v) is 6.13. The molecule has 0 radical (unpaired) electrons. The molecule has 0 unspecified atom stereocenters. The van der Waals surface area contributed by atoms with Gasteiger partial charge < -0.3 is 4.74 Å². The van der Waals surface area contributed by atoms with Crippen molar-refractivity contribution in [2.75, 3.05) is 6.61 Å². The Morgan fingerprint density at radius 3 is 2.58 bits per heavy atom. The normalized spacial score (nSPS) is 10.9.